The highest BCUT2D eigenvalue weighted by Crippen LogP contribution is 2.19. The minimum Gasteiger partial charge on any atom is -0.478 e. The van der Waals surface area contributed by atoms with Crippen molar-refractivity contribution in [3.05, 3.63) is 71.3 Å². The predicted octanol–water partition coefficient (Wildman–Crippen LogP) is 3.24. The van der Waals surface area contributed by atoms with E-state index >= 15 is 0 Å². The summed E-state index contributed by atoms with van der Waals surface area (Å²) in [6.07, 6.45) is 2.66. The Labute approximate surface area is 143 Å². The molecule has 0 unspecified atom stereocenters. The first-order valence-corrected chi connectivity index (χ1v) is 7.65. The van der Waals surface area contributed by atoms with Crippen molar-refractivity contribution in [3.8, 4) is 0 Å². The Morgan fingerprint density at radius 2 is 1.64 bits per heavy atom. The Morgan fingerprint density at radius 3 is 2.20 bits per heavy atom. The number of carbonyl (C=O) groups excluding carboxylic acids is 2. The molecule has 6 nitrogen and oxygen atoms in total. The van der Waals surface area contributed by atoms with E-state index in [1.54, 1.807) is 42.5 Å². The Kier molecular flexibility index (Phi) is 4.61. The molecule has 0 bridgehead atoms. The number of amides is 1. The van der Waals surface area contributed by atoms with Crippen LogP contribution in [0.3, 0.4) is 0 Å². The molecule has 3 rings (SSSR count). The molecule has 0 radical (unpaired) electrons. The number of carboxylic acids is 1. The number of hydrogen-bond acceptors (Lipinski definition) is 4. The number of aromatic carboxylic acids is 1. The predicted molar refractivity (Wildman–Crippen MR) is 91.9 cm³/mol. The molecule has 1 aliphatic heterocycles. The number of carboxylic acid groups (broad SMARTS) is 1. The van der Waals surface area contributed by atoms with Gasteiger partial charge < -0.3 is 9.84 Å². The van der Waals surface area contributed by atoms with Gasteiger partial charge in [0.1, 0.15) is 6.61 Å². The molecule has 0 spiro atoms. The van der Waals surface area contributed by atoms with E-state index in [9.17, 15) is 14.4 Å². The maximum absolute atomic E-state index is 12.2. The molecule has 1 N–H and O–H groups in total. The van der Waals surface area contributed by atoms with E-state index in [0.29, 0.717) is 24.4 Å². The number of hydrogen-bond donors (Lipinski definition) is 1. The first-order chi connectivity index (χ1) is 12.0. The van der Waals surface area contributed by atoms with Crippen molar-refractivity contribution in [2.24, 2.45) is 0 Å². The molecule has 126 valence electrons. The summed E-state index contributed by atoms with van der Waals surface area (Å²) in [6.45, 7) is 0.862. The molecule has 1 fully saturated rings. The van der Waals surface area contributed by atoms with Crippen LogP contribution in [0.15, 0.2) is 54.6 Å². The number of benzene rings is 2. The van der Waals surface area contributed by atoms with Crippen molar-refractivity contribution >= 4 is 29.6 Å². The average Bonchev–Trinajstić information content (AvgIpc) is 3.06. The standard InChI is InChI=1S/C19H15NO5/c21-17(10-3-13-1-4-15(5-2-13)18(22)23)14-6-8-16(9-7-14)20-11-12-25-19(20)24/h1-10H,11-12H2,(H,22,23). The molecule has 0 aliphatic carbocycles. The molecule has 1 amide bonds. The van der Waals surface area contributed by atoms with Crippen LogP contribution in [0.5, 0.6) is 0 Å². The maximum atomic E-state index is 12.2. The summed E-state index contributed by atoms with van der Waals surface area (Å²) in [4.78, 5) is 36.0. The minimum absolute atomic E-state index is 0.183. The van der Waals surface area contributed by atoms with E-state index < -0.39 is 5.97 Å². The highest BCUT2D eigenvalue weighted by Gasteiger charge is 2.23. The zero-order chi connectivity index (χ0) is 17.8. The van der Waals surface area contributed by atoms with Gasteiger partial charge in [-0.15, -0.1) is 0 Å². The number of nitrogens with zero attached hydrogens (tertiary/aromatic N) is 1. The summed E-state index contributed by atoms with van der Waals surface area (Å²) in [5.74, 6) is -1.17. The third-order valence-corrected chi connectivity index (χ3v) is 3.81. The third kappa shape index (κ3) is 3.74. The van der Waals surface area contributed by atoms with E-state index in [1.807, 2.05) is 0 Å². The number of carbonyl (C=O) groups is 3. The smallest absolute Gasteiger partial charge is 0.414 e. The summed E-state index contributed by atoms with van der Waals surface area (Å²) in [5, 5.41) is 8.86. The summed E-state index contributed by atoms with van der Waals surface area (Å²) in [5.41, 5.74) is 2.11. The molecule has 0 saturated carbocycles. The Hall–Kier alpha value is -3.41. The van der Waals surface area contributed by atoms with Gasteiger partial charge in [-0.1, -0.05) is 18.2 Å². The van der Waals surface area contributed by atoms with Gasteiger partial charge in [0.2, 0.25) is 0 Å². The monoisotopic (exact) mass is 337 g/mol. The summed E-state index contributed by atoms with van der Waals surface area (Å²) in [6, 6.07) is 12.9. The largest absolute Gasteiger partial charge is 0.478 e. The fourth-order valence-electron chi connectivity index (χ4n) is 2.44. The van der Waals surface area contributed by atoms with E-state index in [1.165, 1.54) is 23.1 Å². The molecular formula is C19H15NO5. The molecule has 1 saturated heterocycles. The highest BCUT2D eigenvalue weighted by atomic mass is 16.6. The number of cyclic esters (lactones) is 1. The number of anilines is 1. The molecule has 6 heteroatoms. The number of ether oxygens (including phenoxy) is 1. The van der Waals surface area contributed by atoms with Gasteiger partial charge >= 0.3 is 12.1 Å². The van der Waals surface area contributed by atoms with Gasteiger partial charge in [-0.05, 0) is 48.0 Å². The van der Waals surface area contributed by atoms with Crippen LogP contribution in [0.1, 0.15) is 26.3 Å². The lowest BCUT2D eigenvalue weighted by Gasteiger charge is -2.12. The van der Waals surface area contributed by atoms with Gasteiger partial charge in [-0.25, -0.2) is 9.59 Å². The topological polar surface area (TPSA) is 83.9 Å². The third-order valence-electron chi connectivity index (χ3n) is 3.81. The highest BCUT2D eigenvalue weighted by molar-refractivity contribution is 6.07. The van der Waals surface area contributed by atoms with E-state index in [-0.39, 0.29) is 17.4 Å². The summed E-state index contributed by atoms with van der Waals surface area (Å²) >= 11 is 0. The lowest BCUT2D eigenvalue weighted by Crippen LogP contribution is -2.23. The lowest BCUT2D eigenvalue weighted by molar-refractivity contribution is 0.0696. The molecule has 25 heavy (non-hydrogen) atoms. The summed E-state index contributed by atoms with van der Waals surface area (Å²) < 4.78 is 4.88. The minimum atomic E-state index is -0.992. The van der Waals surface area contributed by atoms with Gasteiger partial charge in [0.25, 0.3) is 0 Å². The summed E-state index contributed by atoms with van der Waals surface area (Å²) in [7, 11) is 0. The molecular weight excluding hydrogens is 322 g/mol. The van der Waals surface area contributed by atoms with E-state index in [0.717, 1.165) is 5.56 Å². The van der Waals surface area contributed by atoms with Crippen molar-refractivity contribution in [1.82, 2.24) is 0 Å². The molecule has 1 aliphatic rings. The van der Waals surface area contributed by atoms with Gasteiger partial charge in [-0.3, -0.25) is 9.69 Å². The average molecular weight is 337 g/mol. The molecule has 0 aromatic heterocycles. The number of ketones is 1. The van der Waals surface area contributed by atoms with Crippen LogP contribution >= 0.6 is 0 Å². The van der Waals surface area contributed by atoms with E-state index in [2.05, 4.69) is 0 Å². The fourth-order valence-corrected chi connectivity index (χ4v) is 2.44. The van der Waals surface area contributed by atoms with Gasteiger partial charge in [0.05, 0.1) is 12.1 Å². The zero-order valence-electron chi connectivity index (χ0n) is 13.2. The zero-order valence-corrected chi connectivity index (χ0v) is 13.2. The van der Waals surface area contributed by atoms with Crippen LogP contribution < -0.4 is 4.90 Å². The molecule has 2 aromatic rings. The quantitative estimate of drug-likeness (QED) is 0.669. The van der Waals surface area contributed by atoms with E-state index in [4.69, 9.17) is 9.84 Å². The Balaban J connectivity index is 1.68. The first kappa shape index (κ1) is 16.4. The SMILES string of the molecule is O=C(O)c1ccc(C=CC(=O)c2ccc(N3CCOC3=O)cc2)cc1. The van der Waals surface area contributed by atoms with Gasteiger partial charge in [0, 0.05) is 11.3 Å². The van der Waals surface area contributed by atoms with Crippen molar-refractivity contribution in [1.29, 1.82) is 0 Å². The second kappa shape index (κ2) is 7.00. The van der Waals surface area contributed by atoms with Crippen LogP contribution in [0.4, 0.5) is 10.5 Å². The van der Waals surface area contributed by atoms with Crippen molar-refractivity contribution in [3.63, 3.8) is 0 Å². The Bertz CT molecular complexity index is 837. The molecule has 2 aromatic carbocycles. The normalized spacial score (nSPS) is 13.9. The molecule has 0 atom stereocenters. The maximum Gasteiger partial charge on any atom is 0.414 e. The number of allylic oxidation sites excluding steroid dienone is 1. The second-order valence-corrected chi connectivity index (χ2v) is 5.44. The van der Waals surface area contributed by atoms with Gasteiger partial charge in [0.15, 0.2) is 5.78 Å². The first-order valence-electron chi connectivity index (χ1n) is 7.65. The van der Waals surface area contributed by atoms with Crippen molar-refractivity contribution in [2.75, 3.05) is 18.1 Å². The van der Waals surface area contributed by atoms with Crippen LogP contribution in [-0.4, -0.2) is 36.1 Å². The van der Waals surface area contributed by atoms with Crippen LogP contribution in [-0.2, 0) is 4.74 Å². The molecule has 1 heterocycles. The van der Waals surface area contributed by atoms with Crippen LogP contribution in [0, 0.1) is 0 Å². The van der Waals surface area contributed by atoms with Crippen molar-refractivity contribution < 1.29 is 24.2 Å². The number of rotatable bonds is 5. The fraction of sp³-hybridized carbons (Fsp3) is 0.105. The van der Waals surface area contributed by atoms with Gasteiger partial charge in [-0.2, -0.15) is 0 Å². The van der Waals surface area contributed by atoms with Crippen LogP contribution in [0.25, 0.3) is 6.08 Å². The van der Waals surface area contributed by atoms with Crippen LogP contribution in [0.2, 0.25) is 0 Å². The van der Waals surface area contributed by atoms with Crippen molar-refractivity contribution in [2.45, 2.75) is 0 Å². The Morgan fingerprint density at radius 1 is 1.00 bits per heavy atom. The lowest BCUT2D eigenvalue weighted by atomic mass is 10.1. The second-order valence-electron chi connectivity index (χ2n) is 5.44.